The highest BCUT2D eigenvalue weighted by atomic mass is 35.5. The zero-order chi connectivity index (χ0) is 16.6. The van der Waals surface area contributed by atoms with E-state index < -0.39 is 5.97 Å². The highest BCUT2D eigenvalue weighted by molar-refractivity contribution is 6.30. The van der Waals surface area contributed by atoms with Crippen molar-refractivity contribution in [3.8, 4) is 5.69 Å². The van der Waals surface area contributed by atoms with Gasteiger partial charge in [-0.3, -0.25) is 9.59 Å². The van der Waals surface area contributed by atoms with Gasteiger partial charge in [0, 0.05) is 16.8 Å². The zero-order valence-corrected chi connectivity index (χ0v) is 13.2. The van der Waals surface area contributed by atoms with Crippen LogP contribution in [0.4, 0.5) is 0 Å². The maximum Gasteiger partial charge on any atom is 0.306 e. The largest absolute Gasteiger partial charge is 0.481 e. The van der Waals surface area contributed by atoms with Crippen molar-refractivity contribution in [3.05, 3.63) is 46.7 Å². The van der Waals surface area contributed by atoms with E-state index in [0.717, 1.165) is 11.4 Å². The predicted octanol–water partition coefficient (Wildman–Crippen LogP) is 2.43. The molecule has 1 aliphatic rings. The lowest BCUT2D eigenvalue weighted by atomic mass is 9.80. The molecular weight excluding hydrogens is 318 g/mol. The second-order valence-corrected chi connectivity index (χ2v) is 6.18. The highest BCUT2D eigenvalue weighted by Crippen LogP contribution is 2.27. The standard InChI is InChI=1S/C16H16ClN3O3/c1-9-5-14(15(21)18-12-6-10(7-12)16(22)23)19-20(9)13-4-2-3-11(17)8-13/h2-5,8,10,12H,6-7H2,1H3,(H,18,21)(H,22,23). The molecule has 0 bridgehead atoms. The fourth-order valence-corrected chi connectivity index (χ4v) is 2.84. The van der Waals surface area contributed by atoms with E-state index in [1.54, 1.807) is 22.9 Å². The number of amides is 1. The number of aliphatic carboxylic acids is 1. The van der Waals surface area contributed by atoms with E-state index in [1.165, 1.54) is 0 Å². The van der Waals surface area contributed by atoms with Crippen LogP contribution in [0.25, 0.3) is 5.69 Å². The number of hydrogen-bond acceptors (Lipinski definition) is 3. The van der Waals surface area contributed by atoms with Crippen molar-refractivity contribution in [3.63, 3.8) is 0 Å². The number of carbonyl (C=O) groups is 2. The van der Waals surface area contributed by atoms with Crippen LogP contribution >= 0.6 is 11.6 Å². The summed E-state index contributed by atoms with van der Waals surface area (Å²) < 4.78 is 1.65. The summed E-state index contributed by atoms with van der Waals surface area (Å²) in [6.07, 6.45) is 0.935. The topological polar surface area (TPSA) is 84.2 Å². The molecule has 6 nitrogen and oxygen atoms in total. The van der Waals surface area contributed by atoms with Crippen LogP contribution in [-0.2, 0) is 4.79 Å². The zero-order valence-electron chi connectivity index (χ0n) is 12.5. The number of benzene rings is 1. The summed E-state index contributed by atoms with van der Waals surface area (Å²) in [7, 11) is 0. The Bertz CT molecular complexity index is 766. The minimum absolute atomic E-state index is 0.0970. The van der Waals surface area contributed by atoms with Crippen molar-refractivity contribution >= 4 is 23.5 Å². The second-order valence-electron chi connectivity index (χ2n) is 5.74. The average Bonchev–Trinajstić information content (AvgIpc) is 2.84. The summed E-state index contributed by atoms with van der Waals surface area (Å²) in [5.41, 5.74) is 1.90. The highest BCUT2D eigenvalue weighted by Gasteiger charge is 2.35. The predicted molar refractivity (Wildman–Crippen MR) is 84.9 cm³/mol. The number of rotatable bonds is 4. The number of carbonyl (C=O) groups excluding carboxylic acids is 1. The summed E-state index contributed by atoms with van der Waals surface area (Å²) in [5.74, 6) is -1.45. The Labute approximate surface area is 138 Å². The number of aryl methyl sites for hydroxylation is 1. The van der Waals surface area contributed by atoms with Crippen LogP contribution < -0.4 is 5.32 Å². The first-order chi connectivity index (χ1) is 10.9. The van der Waals surface area contributed by atoms with Crippen molar-refractivity contribution in [2.24, 2.45) is 5.92 Å². The third kappa shape index (κ3) is 3.22. The molecule has 2 aromatic rings. The number of carboxylic acid groups (broad SMARTS) is 1. The lowest BCUT2D eigenvalue weighted by Gasteiger charge is -2.32. The first-order valence-corrected chi connectivity index (χ1v) is 7.68. The lowest BCUT2D eigenvalue weighted by molar-refractivity contribution is -0.145. The van der Waals surface area contributed by atoms with Gasteiger partial charge >= 0.3 is 5.97 Å². The van der Waals surface area contributed by atoms with Crippen molar-refractivity contribution in [1.82, 2.24) is 15.1 Å². The molecule has 0 saturated heterocycles. The van der Waals surface area contributed by atoms with Crippen LogP contribution in [0.2, 0.25) is 5.02 Å². The van der Waals surface area contributed by atoms with Gasteiger partial charge in [0.15, 0.2) is 5.69 Å². The fourth-order valence-electron chi connectivity index (χ4n) is 2.65. The Hall–Kier alpha value is -2.34. The van der Waals surface area contributed by atoms with E-state index in [1.807, 2.05) is 19.1 Å². The quantitative estimate of drug-likeness (QED) is 0.900. The van der Waals surface area contributed by atoms with Gasteiger partial charge in [-0.1, -0.05) is 17.7 Å². The Morgan fingerprint density at radius 1 is 1.35 bits per heavy atom. The number of hydrogen-bond donors (Lipinski definition) is 2. The molecule has 120 valence electrons. The summed E-state index contributed by atoms with van der Waals surface area (Å²) in [6, 6.07) is 8.82. The summed E-state index contributed by atoms with van der Waals surface area (Å²) in [4.78, 5) is 23.0. The van der Waals surface area contributed by atoms with Crippen LogP contribution in [0.5, 0.6) is 0 Å². The summed E-state index contributed by atoms with van der Waals surface area (Å²) in [6.45, 7) is 1.86. The smallest absolute Gasteiger partial charge is 0.306 e. The van der Waals surface area contributed by atoms with Crippen molar-refractivity contribution < 1.29 is 14.7 Å². The monoisotopic (exact) mass is 333 g/mol. The molecule has 1 amide bonds. The maximum atomic E-state index is 12.2. The lowest BCUT2D eigenvalue weighted by Crippen LogP contribution is -2.46. The van der Waals surface area contributed by atoms with Gasteiger partial charge in [-0.25, -0.2) is 4.68 Å². The minimum Gasteiger partial charge on any atom is -0.481 e. The van der Waals surface area contributed by atoms with Crippen molar-refractivity contribution in [2.45, 2.75) is 25.8 Å². The van der Waals surface area contributed by atoms with Gasteiger partial charge in [0.05, 0.1) is 11.6 Å². The molecular formula is C16H16ClN3O3. The van der Waals surface area contributed by atoms with Crippen molar-refractivity contribution in [1.29, 1.82) is 0 Å². The van der Waals surface area contributed by atoms with Crippen LogP contribution in [0, 0.1) is 12.8 Å². The minimum atomic E-state index is -0.809. The molecule has 1 aromatic heterocycles. The molecule has 2 N–H and O–H groups in total. The van der Waals surface area contributed by atoms with Gasteiger partial charge in [0.2, 0.25) is 0 Å². The number of aromatic nitrogens is 2. The third-order valence-corrected chi connectivity index (χ3v) is 4.23. The molecule has 0 aliphatic heterocycles. The molecule has 1 aromatic carbocycles. The second kappa shape index (κ2) is 6.04. The first-order valence-electron chi connectivity index (χ1n) is 7.30. The molecule has 1 saturated carbocycles. The molecule has 1 heterocycles. The fraction of sp³-hybridized carbons (Fsp3) is 0.312. The molecule has 1 fully saturated rings. The first kappa shape index (κ1) is 15.6. The van der Waals surface area contributed by atoms with Crippen LogP contribution in [0.1, 0.15) is 29.0 Å². The van der Waals surface area contributed by atoms with E-state index in [-0.39, 0.29) is 17.9 Å². The molecule has 0 atom stereocenters. The van der Waals surface area contributed by atoms with E-state index in [0.29, 0.717) is 23.6 Å². The van der Waals surface area contributed by atoms with Gasteiger partial charge in [0.1, 0.15) is 0 Å². The molecule has 23 heavy (non-hydrogen) atoms. The molecule has 0 unspecified atom stereocenters. The van der Waals surface area contributed by atoms with Crippen LogP contribution in [-0.4, -0.2) is 32.8 Å². The molecule has 3 rings (SSSR count). The van der Waals surface area contributed by atoms with Gasteiger partial charge in [-0.05, 0) is 44.0 Å². The number of nitrogens with one attached hydrogen (secondary N) is 1. The number of carboxylic acids is 1. The Morgan fingerprint density at radius 3 is 2.74 bits per heavy atom. The average molecular weight is 334 g/mol. The van der Waals surface area contributed by atoms with Gasteiger partial charge in [-0.2, -0.15) is 5.10 Å². The SMILES string of the molecule is Cc1cc(C(=O)NC2CC(C(=O)O)C2)nn1-c1cccc(Cl)c1. The van der Waals surface area contributed by atoms with E-state index >= 15 is 0 Å². The molecule has 1 aliphatic carbocycles. The van der Waals surface area contributed by atoms with Crippen LogP contribution in [0.15, 0.2) is 30.3 Å². The Balaban J connectivity index is 1.71. The molecule has 0 spiro atoms. The van der Waals surface area contributed by atoms with Crippen LogP contribution in [0.3, 0.4) is 0 Å². The van der Waals surface area contributed by atoms with Gasteiger partial charge < -0.3 is 10.4 Å². The number of nitrogens with zero attached hydrogens (tertiary/aromatic N) is 2. The maximum absolute atomic E-state index is 12.2. The van der Waals surface area contributed by atoms with Gasteiger partial charge in [-0.15, -0.1) is 0 Å². The van der Waals surface area contributed by atoms with E-state index in [2.05, 4.69) is 10.4 Å². The summed E-state index contributed by atoms with van der Waals surface area (Å²) in [5, 5.41) is 16.6. The summed E-state index contributed by atoms with van der Waals surface area (Å²) >= 11 is 5.98. The molecule has 0 radical (unpaired) electrons. The normalized spacial score (nSPS) is 19.9. The number of halogens is 1. The third-order valence-electron chi connectivity index (χ3n) is 4.00. The van der Waals surface area contributed by atoms with Crippen molar-refractivity contribution in [2.75, 3.05) is 0 Å². The van der Waals surface area contributed by atoms with E-state index in [4.69, 9.17) is 16.7 Å². The molecule has 7 heteroatoms. The van der Waals surface area contributed by atoms with E-state index in [9.17, 15) is 9.59 Å². The van der Waals surface area contributed by atoms with Gasteiger partial charge in [0.25, 0.3) is 5.91 Å². The Morgan fingerprint density at radius 2 is 2.09 bits per heavy atom. The Kier molecular flexibility index (Phi) is 4.09.